The number of aliphatic imine (C=N–C) groups is 1. The molecule has 0 aromatic heterocycles. The summed E-state index contributed by atoms with van der Waals surface area (Å²) in [5.41, 5.74) is 17.2. The van der Waals surface area contributed by atoms with Crippen LogP contribution >= 0.6 is 11.6 Å². The number of carbonyl (C=O) groups excluding carboxylic acids is 1. The Bertz CT molecular complexity index is 415. The highest BCUT2D eigenvalue weighted by atomic mass is 35.5. The fourth-order valence-corrected chi connectivity index (χ4v) is 1.33. The molecule has 1 aromatic rings. The van der Waals surface area contributed by atoms with Gasteiger partial charge in [-0.2, -0.15) is 4.99 Å². The molecular formula is C9H11ClN4O. The number of benzene rings is 1. The highest BCUT2D eigenvalue weighted by molar-refractivity contribution is 6.33. The zero-order chi connectivity index (χ0) is 11.6. The summed E-state index contributed by atoms with van der Waals surface area (Å²) in [4.78, 5) is 14.8. The summed E-state index contributed by atoms with van der Waals surface area (Å²) in [7, 11) is 0. The number of nitrogens with two attached hydrogens (primary N) is 3. The van der Waals surface area contributed by atoms with Crippen molar-refractivity contribution >= 4 is 29.2 Å². The second-order valence-electron chi connectivity index (χ2n) is 3.03. The van der Waals surface area contributed by atoms with E-state index in [0.29, 0.717) is 21.8 Å². The molecule has 15 heavy (non-hydrogen) atoms. The minimum Gasteiger partial charge on any atom is -0.397 e. The van der Waals surface area contributed by atoms with E-state index < -0.39 is 5.91 Å². The topological polar surface area (TPSA) is 107 Å². The number of nitrogen functional groups attached to an aromatic ring is 1. The van der Waals surface area contributed by atoms with Gasteiger partial charge < -0.3 is 17.2 Å². The Morgan fingerprint density at radius 1 is 1.40 bits per heavy atom. The molecule has 6 N–H and O–H groups in total. The first-order valence-corrected chi connectivity index (χ1v) is 4.49. The minimum absolute atomic E-state index is 0.286. The van der Waals surface area contributed by atoms with Crippen molar-refractivity contribution < 1.29 is 4.79 Å². The van der Waals surface area contributed by atoms with E-state index in [1.807, 2.05) is 0 Å². The first kappa shape index (κ1) is 11.3. The molecule has 0 aliphatic rings. The Morgan fingerprint density at radius 2 is 2.00 bits per heavy atom. The van der Waals surface area contributed by atoms with Gasteiger partial charge in [0.05, 0.1) is 10.7 Å². The minimum atomic E-state index is -0.542. The number of hydrogen-bond acceptors (Lipinski definition) is 2. The van der Waals surface area contributed by atoms with Gasteiger partial charge in [0, 0.05) is 5.56 Å². The van der Waals surface area contributed by atoms with Gasteiger partial charge >= 0.3 is 0 Å². The Hall–Kier alpha value is -1.75. The zero-order valence-electron chi connectivity index (χ0n) is 8.12. The average molecular weight is 227 g/mol. The number of carbonyl (C=O) groups is 1. The van der Waals surface area contributed by atoms with Crippen molar-refractivity contribution in [3.05, 3.63) is 28.3 Å². The quantitative estimate of drug-likeness (QED) is 0.371. The number of aryl methyl sites for hydroxylation is 1. The van der Waals surface area contributed by atoms with Crippen LogP contribution in [0.15, 0.2) is 17.1 Å². The molecule has 6 heteroatoms. The molecule has 1 rings (SSSR count). The maximum Gasteiger partial charge on any atom is 0.280 e. The Morgan fingerprint density at radius 3 is 2.47 bits per heavy atom. The van der Waals surface area contributed by atoms with Crippen LogP contribution in [0.25, 0.3) is 0 Å². The predicted octanol–water partition coefficient (Wildman–Crippen LogP) is 0.644. The molecular weight excluding hydrogens is 216 g/mol. The van der Waals surface area contributed by atoms with E-state index >= 15 is 0 Å². The molecule has 1 amide bonds. The van der Waals surface area contributed by atoms with Crippen molar-refractivity contribution in [1.82, 2.24) is 0 Å². The number of nitrogens with zero attached hydrogens (tertiary/aromatic N) is 1. The van der Waals surface area contributed by atoms with Crippen LogP contribution in [0.3, 0.4) is 0 Å². The van der Waals surface area contributed by atoms with Crippen LogP contribution in [0, 0.1) is 6.92 Å². The van der Waals surface area contributed by atoms with Gasteiger partial charge in [0.2, 0.25) is 0 Å². The van der Waals surface area contributed by atoms with Crippen molar-refractivity contribution in [2.24, 2.45) is 16.5 Å². The molecule has 0 spiro atoms. The maximum absolute atomic E-state index is 11.4. The summed E-state index contributed by atoms with van der Waals surface area (Å²) in [6.07, 6.45) is 0. The van der Waals surface area contributed by atoms with E-state index in [-0.39, 0.29) is 5.96 Å². The fraction of sp³-hybridized carbons (Fsp3) is 0.111. The first-order chi connectivity index (χ1) is 6.91. The fourth-order valence-electron chi connectivity index (χ4n) is 1.06. The Labute approximate surface area is 91.9 Å². The molecule has 0 heterocycles. The monoisotopic (exact) mass is 226 g/mol. The van der Waals surface area contributed by atoms with Gasteiger partial charge in [-0.05, 0) is 24.6 Å². The summed E-state index contributed by atoms with van der Waals surface area (Å²) in [6, 6.07) is 3.01. The van der Waals surface area contributed by atoms with Crippen LogP contribution < -0.4 is 17.2 Å². The molecule has 0 atom stereocenters. The molecule has 0 saturated heterocycles. The lowest BCUT2D eigenvalue weighted by atomic mass is 10.1. The van der Waals surface area contributed by atoms with E-state index in [0.717, 1.165) is 0 Å². The lowest BCUT2D eigenvalue weighted by Gasteiger charge is -2.04. The van der Waals surface area contributed by atoms with Crippen LogP contribution in [0.5, 0.6) is 0 Å². The Kier molecular flexibility index (Phi) is 3.16. The first-order valence-electron chi connectivity index (χ1n) is 4.11. The smallest absolute Gasteiger partial charge is 0.280 e. The average Bonchev–Trinajstić information content (AvgIpc) is 2.12. The predicted molar refractivity (Wildman–Crippen MR) is 60.7 cm³/mol. The summed E-state index contributed by atoms with van der Waals surface area (Å²) in [6.45, 7) is 1.74. The molecule has 80 valence electrons. The van der Waals surface area contributed by atoms with Gasteiger partial charge in [-0.15, -0.1) is 0 Å². The van der Waals surface area contributed by atoms with Gasteiger partial charge in [-0.1, -0.05) is 11.6 Å². The molecule has 0 aliphatic heterocycles. The molecule has 1 aromatic carbocycles. The van der Waals surface area contributed by atoms with E-state index in [4.69, 9.17) is 28.8 Å². The highest BCUT2D eigenvalue weighted by Crippen LogP contribution is 2.24. The third-order valence-corrected chi connectivity index (χ3v) is 2.13. The van der Waals surface area contributed by atoms with Crippen molar-refractivity contribution in [3.8, 4) is 0 Å². The molecule has 0 bridgehead atoms. The maximum atomic E-state index is 11.4. The summed E-state index contributed by atoms with van der Waals surface area (Å²) in [5, 5.41) is 0.309. The van der Waals surface area contributed by atoms with Crippen LogP contribution in [0.1, 0.15) is 15.9 Å². The second-order valence-corrected chi connectivity index (χ2v) is 3.44. The lowest BCUT2D eigenvalue weighted by Crippen LogP contribution is -2.24. The molecule has 0 aliphatic carbocycles. The number of guanidine groups is 1. The highest BCUT2D eigenvalue weighted by Gasteiger charge is 2.09. The van der Waals surface area contributed by atoms with E-state index in [2.05, 4.69) is 4.99 Å². The molecule has 5 nitrogen and oxygen atoms in total. The summed E-state index contributed by atoms with van der Waals surface area (Å²) in [5.74, 6) is -0.828. The van der Waals surface area contributed by atoms with Gasteiger partial charge in [-0.3, -0.25) is 4.79 Å². The molecule has 0 unspecified atom stereocenters. The van der Waals surface area contributed by atoms with Gasteiger partial charge in [0.15, 0.2) is 5.96 Å². The number of halogens is 1. The van der Waals surface area contributed by atoms with Crippen molar-refractivity contribution in [2.75, 3.05) is 5.73 Å². The molecule has 0 saturated carbocycles. The number of hydrogen-bond donors (Lipinski definition) is 3. The Balaban J connectivity index is 3.18. The standard InChI is InChI=1S/C9H11ClN4O/c1-4-2-5(3-6(10)7(4)11)8(15)14-9(12)13/h2-3H,11H2,1H3,(H4,12,13,14,15). The number of rotatable bonds is 1. The van der Waals surface area contributed by atoms with Crippen molar-refractivity contribution in [3.63, 3.8) is 0 Å². The summed E-state index contributed by atoms with van der Waals surface area (Å²) >= 11 is 5.81. The number of anilines is 1. The van der Waals surface area contributed by atoms with Crippen LogP contribution in [-0.2, 0) is 0 Å². The van der Waals surface area contributed by atoms with E-state index in [1.165, 1.54) is 6.07 Å². The lowest BCUT2D eigenvalue weighted by molar-refractivity contribution is 0.100. The second kappa shape index (κ2) is 4.18. The number of amides is 1. The largest absolute Gasteiger partial charge is 0.397 e. The van der Waals surface area contributed by atoms with E-state index in [9.17, 15) is 4.79 Å². The van der Waals surface area contributed by atoms with Gasteiger partial charge in [-0.25, -0.2) is 0 Å². The van der Waals surface area contributed by atoms with Crippen LogP contribution in [0.2, 0.25) is 5.02 Å². The summed E-state index contributed by atoms with van der Waals surface area (Å²) < 4.78 is 0. The zero-order valence-corrected chi connectivity index (χ0v) is 8.88. The third kappa shape index (κ3) is 2.60. The SMILES string of the molecule is Cc1cc(C(=O)N=C(N)N)cc(Cl)c1N. The van der Waals surface area contributed by atoms with Crippen molar-refractivity contribution in [1.29, 1.82) is 0 Å². The van der Waals surface area contributed by atoms with Gasteiger partial charge in [0.25, 0.3) is 5.91 Å². The molecule has 0 radical (unpaired) electrons. The third-order valence-electron chi connectivity index (χ3n) is 1.81. The van der Waals surface area contributed by atoms with E-state index in [1.54, 1.807) is 13.0 Å². The molecule has 0 fully saturated rings. The van der Waals surface area contributed by atoms with Crippen molar-refractivity contribution in [2.45, 2.75) is 6.92 Å². The normalized spacial score (nSPS) is 9.73. The van der Waals surface area contributed by atoms with Gasteiger partial charge in [0.1, 0.15) is 0 Å². The van der Waals surface area contributed by atoms with Crippen LogP contribution in [0.4, 0.5) is 5.69 Å². The van der Waals surface area contributed by atoms with Crippen LogP contribution in [-0.4, -0.2) is 11.9 Å².